The smallest absolute Gasteiger partial charge is 0.240 e. The second-order valence-electron chi connectivity index (χ2n) is 5.01. The summed E-state index contributed by atoms with van der Waals surface area (Å²) >= 11 is 0. The van der Waals surface area contributed by atoms with E-state index in [2.05, 4.69) is 20.0 Å². The molecule has 2 aromatic rings. The second kappa shape index (κ2) is 6.73. The van der Waals surface area contributed by atoms with Gasteiger partial charge in [-0.15, -0.1) is 0 Å². The largest absolute Gasteiger partial charge is 0.385 e. The average molecular weight is 308 g/mol. The van der Waals surface area contributed by atoms with Gasteiger partial charge in [0.15, 0.2) is 0 Å². The molecule has 2 rings (SSSR count). The summed E-state index contributed by atoms with van der Waals surface area (Å²) in [7, 11) is -3.43. The van der Waals surface area contributed by atoms with Gasteiger partial charge in [-0.25, -0.2) is 18.1 Å². The van der Waals surface area contributed by atoms with Crippen LogP contribution < -0.4 is 10.0 Å². The summed E-state index contributed by atoms with van der Waals surface area (Å²) in [5, 5.41) is 3.23. The molecule has 21 heavy (non-hydrogen) atoms. The summed E-state index contributed by atoms with van der Waals surface area (Å²) in [6.45, 7) is 4.31. The number of aromatic amines is 1. The summed E-state index contributed by atoms with van der Waals surface area (Å²) in [5.41, 5.74) is 0.880. The van der Waals surface area contributed by atoms with Crippen molar-refractivity contribution in [2.75, 3.05) is 11.9 Å². The van der Waals surface area contributed by atoms with E-state index in [0.717, 1.165) is 24.5 Å². The molecule has 3 N–H and O–H groups in total. The number of H-pyrrole nitrogens is 1. The lowest BCUT2D eigenvalue weighted by Gasteiger charge is -2.10. The third-order valence-corrected chi connectivity index (χ3v) is 4.48. The van der Waals surface area contributed by atoms with E-state index in [9.17, 15) is 8.42 Å². The first-order valence-corrected chi connectivity index (χ1v) is 8.30. The molecule has 0 unspecified atom stereocenters. The highest BCUT2D eigenvalue weighted by Gasteiger charge is 2.14. The molecule has 114 valence electrons. The minimum Gasteiger partial charge on any atom is -0.385 e. The Morgan fingerprint density at radius 2 is 1.95 bits per heavy atom. The fourth-order valence-corrected chi connectivity index (χ4v) is 3.14. The predicted molar refractivity (Wildman–Crippen MR) is 82.7 cm³/mol. The molecule has 1 heterocycles. The number of benzene rings is 1. The molecular formula is C14H20N4O2S. The lowest BCUT2D eigenvalue weighted by Crippen LogP contribution is -2.30. The molecule has 0 fully saturated rings. The van der Waals surface area contributed by atoms with E-state index in [1.54, 1.807) is 50.5 Å². The maximum Gasteiger partial charge on any atom is 0.240 e. The molecule has 0 radical (unpaired) electrons. The summed E-state index contributed by atoms with van der Waals surface area (Å²) in [6.07, 6.45) is 4.29. The van der Waals surface area contributed by atoms with Crippen LogP contribution in [0.25, 0.3) is 0 Å². The van der Waals surface area contributed by atoms with Gasteiger partial charge < -0.3 is 10.3 Å². The Morgan fingerprint density at radius 1 is 1.24 bits per heavy atom. The van der Waals surface area contributed by atoms with Crippen molar-refractivity contribution in [3.63, 3.8) is 0 Å². The Bertz CT molecular complexity index is 649. The molecule has 0 bridgehead atoms. The number of imidazole rings is 1. The van der Waals surface area contributed by atoms with Crippen molar-refractivity contribution >= 4 is 15.7 Å². The van der Waals surface area contributed by atoms with E-state index >= 15 is 0 Å². The monoisotopic (exact) mass is 308 g/mol. The fourth-order valence-electron chi connectivity index (χ4n) is 1.89. The summed E-state index contributed by atoms with van der Waals surface area (Å²) in [6, 6.07) is 6.59. The van der Waals surface area contributed by atoms with Crippen molar-refractivity contribution in [3.8, 4) is 0 Å². The van der Waals surface area contributed by atoms with E-state index in [-0.39, 0.29) is 10.9 Å². The highest BCUT2D eigenvalue weighted by molar-refractivity contribution is 7.89. The number of nitrogens with one attached hydrogen (secondary N) is 3. The standard InChI is InChI=1S/C14H20N4O2S/c1-11(2)18-21(19,20)13-5-3-12(4-6-13)15-8-7-14-16-9-10-17-14/h3-6,9-11,15,18H,7-8H2,1-2H3,(H,16,17). The van der Waals surface area contributed by atoms with E-state index in [1.165, 1.54) is 0 Å². The number of sulfonamides is 1. The van der Waals surface area contributed by atoms with Gasteiger partial charge in [0.05, 0.1) is 4.90 Å². The molecule has 0 spiro atoms. The first kappa shape index (κ1) is 15.5. The van der Waals surface area contributed by atoms with Gasteiger partial charge in [0, 0.05) is 37.1 Å². The lowest BCUT2D eigenvalue weighted by atomic mass is 10.3. The van der Waals surface area contributed by atoms with Gasteiger partial charge in [-0.2, -0.15) is 0 Å². The van der Waals surface area contributed by atoms with Gasteiger partial charge in [-0.05, 0) is 38.1 Å². The van der Waals surface area contributed by atoms with Crippen LogP contribution in [0.2, 0.25) is 0 Å². The average Bonchev–Trinajstić information content (AvgIpc) is 2.91. The fraction of sp³-hybridized carbons (Fsp3) is 0.357. The van der Waals surface area contributed by atoms with E-state index < -0.39 is 10.0 Å². The molecule has 0 saturated carbocycles. The van der Waals surface area contributed by atoms with E-state index in [0.29, 0.717) is 0 Å². The Balaban J connectivity index is 1.92. The number of anilines is 1. The van der Waals surface area contributed by atoms with Crippen LogP contribution in [0.4, 0.5) is 5.69 Å². The highest BCUT2D eigenvalue weighted by atomic mass is 32.2. The third-order valence-electron chi connectivity index (χ3n) is 2.80. The SMILES string of the molecule is CC(C)NS(=O)(=O)c1ccc(NCCc2ncc[nH]2)cc1. The van der Waals surface area contributed by atoms with Gasteiger partial charge in [0.1, 0.15) is 5.82 Å². The number of hydrogen-bond donors (Lipinski definition) is 3. The summed E-state index contributed by atoms with van der Waals surface area (Å²) in [4.78, 5) is 7.44. The number of aromatic nitrogens is 2. The zero-order valence-electron chi connectivity index (χ0n) is 12.1. The molecule has 0 amide bonds. The van der Waals surface area contributed by atoms with Crippen molar-refractivity contribution in [2.24, 2.45) is 0 Å². The zero-order valence-corrected chi connectivity index (χ0v) is 12.9. The van der Waals surface area contributed by atoms with Gasteiger partial charge in [-0.3, -0.25) is 0 Å². The van der Waals surface area contributed by atoms with Crippen LogP contribution in [0.3, 0.4) is 0 Å². The summed E-state index contributed by atoms with van der Waals surface area (Å²) < 4.78 is 26.5. The molecule has 0 aliphatic carbocycles. The van der Waals surface area contributed by atoms with Crippen LogP contribution in [0, 0.1) is 0 Å². The first-order valence-electron chi connectivity index (χ1n) is 6.82. The number of hydrogen-bond acceptors (Lipinski definition) is 4. The third kappa shape index (κ3) is 4.57. The van der Waals surface area contributed by atoms with Crippen molar-refractivity contribution in [1.29, 1.82) is 0 Å². The van der Waals surface area contributed by atoms with E-state index in [4.69, 9.17) is 0 Å². The topological polar surface area (TPSA) is 86.9 Å². The zero-order chi connectivity index (χ0) is 15.3. The second-order valence-corrected chi connectivity index (χ2v) is 6.73. The molecule has 0 aliphatic heterocycles. The predicted octanol–water partition coefficient (Wildman–Crippen LogP) is 1.75. The molecule has 7 heteroatoms. The highest BCUT2D eigenvalue weighted by Crippen LogP contribution is 2.14. The van der Waals surface area contributed by atoms with Crippen molar-refractivity contribution in [3.05, 3.63) is 42.5 Å². The maximum atomic E-state index is 12.0. The minimum atomic E-state index is -3.43. The van der Waals surface area contributed by atoms with E-state index in [1.807, 2.05) is 0 Å². The van der Waals surface area contributed by atoms with Gasteiger partial charge >= 0.3 is 0 Å². The van der Waals surface area contributed by atoms with Crippen LogP contribution in [-0.4, -0.2) is 31.0 Å². The molecular weight excluding hydrogens is 288 g/mol. The molecule has 1 aromatic carbocycles. The summed E-state index contributed by atoms with van der Waals surface area (Å²) in [5.74, 6) is 0.919. The Hall–Kier alpha value is -1.86. The quantitative estimate of drug-likeness (QED) is 0.727. The Morgan fingerprint density at radius 3 is 2.52 bits per heavy atom. The van der Waals surface area contributed by atoms with Crippen LogP contribution in [0.15, 0.2) is 41.6 Å². The Kier molecular flexibility index (Phi) is 4.98. The number of nitrogens with zero attached hydrogens (tertiary/aromatic N) is 1. The Labute approximate surface area is 125 Å². The molecule has 0 aliphatic rings. The van der Waals surface area contributed by atoms with Gasteiger partial charge in [-0.1, -0.05) is 0 Å². The van der Waals surface area contributed by atoms with Crippen LogP contribution in [-0.2, 0) is 16.4 Å². The maximum absolute atomic E-state index is 12.0. The van der Waals surface area contributed by atoms with Gasteiger partial charge in [0.25, 0.3) is 0 Å². The lowest BCUT2D eigenvalue weighted by molar-refractivity contribution is 0.570. The number of rotatable bonds is 7. The normalized spacial score (nSPS) is 11.8. The minimum absolute atomic E-state index is 0.124. The van der Waals surface area contributed by atoms with Crippen molar-refractivity contribution in [1.82, 2.24) is 14.7 Å². The first-order chi connectivity index (χ1) is 9.97. The van der Waals surface area contributed by atoms with Crippen molar-refractivity contribution in [2.45, 2.75) is 31.2 Å². The van der Waals surface area contributed by atoms with Crippen molar-refractivity contribution < 1.29 is 8.42 Å². The molecule has 0 saturated heterocycles. The molecule has 1 aromatic heterocycles. The van der Waals surface area contributed by atoms with Gasteiger partial charge in [0.2, 0.25) is 10.0 Å². The molecule has 6 nitrogen and oxygen atoms in total. The molecule has 0 atom stereocenters. The van der Waals surface area contributed by atoms with Crippen LogP contribution in [0.1, 0.15) is 19.7 Å². The van der Waals surface area contributed by atoms with Crippen LogP contribution >= 0.6 is 0 Å². The van der Waals surface area contributed by atoms with Crippen LogP contribution in [0.5, 0.6) is 0 Å².